The number of imide groups is 1. The van der Waals surface area contributed by atoms with Crippen LogP contribution in [0.5, 0.6) is 0 Å². The van der Waals surface area contributed by atoms with Crippen LogP contribution >= 0.6 is 0 Å². The number of hydrogen-bond donors (Lipinski definition) is 1. The van der Waals surface area contributed by atoms with Gasteiger partial charge in [0.15, 0.2) is 0 Å². The van der Waals surface area contributed by atoms with Gasteiger partial charge < -0.3 is 14.8 Å². The molecule has 1 aromatic heterocycles. The van der Waals surface area contributed by atoms with Crippen molar-refractivity contribution in [3.63, 3.8) is 0 Å². The van der Waals surface area contributed by atoms with Gasteiger partial charge in [-0.25, -0.2) is 9.78 Å². The number of nitrogens with zero attached hydrogens (tertiary/aromatic N) is 4. The third kappa shape index (κ3) is 4.27. The molecule has 4 aromatic rings. The summed E-state index contributed by atoms with van der Waals surface area (Å²) in [5, 5.41) is 5.19. The van der Waals surface area contributed by atoms with Gasteiger partial charge >= 0.3 is 6.03 Å². The maximum Gasteiger partial charge on any atom is 0.328 e. The van der Waals surface area contributed by atoms with Gasteiger partial charge in [0.05, 0.1) is 6.33 Å². The number of aromatic nitrogens is 2. The first-order valence-electron chi connectivity index (χ1n) is 12.3. The number of nitrogens with one attached hydrogen (secondary N) is 1. The average Bonchev–Trinajstić information content (AvgIpc) is 3.48. The summed E-state index contributed by atoms with van der Waals surface area (Å²) in [6, 6.07) is 22.0. The molecule has 1 aliphatic heterocycles. The number of hydrogen-bond acceptors (Lipinski definition) is 4. The van der Waals surface area contributed by atoms with E-state index in [1.54, 1.807) is 17.4 Å². The normalized spacial score (nSPS) is 17.9. The lowest BCUT2D eigenvalue weighted by Crippen LogP contribution is -2.44. The minimum atomic E-state index is -1.11. The summed E-state index contributed by atoms with van der Waals surface area (Å²) in [6.07, 6.45) is 6.02. The Kier molecular flexibility index (Phi) is 6.57. The van der Waals surface area contributed by atoms with Crippen molar-refractivity contribution in [1.82, 2.24) is 24.7 Å². The van der Waals surface area contributed by atoms with Crippen LogP contribution in [-0.2, 0) is 30.0 Å². The fourth-order valence-corrected chi connectivity index (χ4v) is 5.12. The molecular weight excluding hydrogens is 450 g/mol. The molecule has 0 saturated carbocycles. The van der Waals surface area contributed by atoms with Gasteiger partial charge in [-0.05, 0) is 47.9 Å². The number of aryl methyl sites for hydroxylation is 1. The van der Waals surface area contributed by atoms with Gasteiger partial charge in [-0.3, -0.25) is 9.69 Å². The number of carbonyl (C=O) groups is 2. The number of urea groups is 1. The number of rotatable bonds is 9. The summed E-state index contributed by atoms with van der Waals surface area (Å²) in [4.78, 5) is 35.1. The van der Waals surface area contributed by atoms with Gasteiger partial charge in [-0.15, -0.1) is 0 Å². The van der Waals surface area contributed by atoms with E-state index in [0.29, 0.717) is 26.1 Å². The Morgan fingerprint density at radius 1 is 0.917 bits per heavy atom. The van der Waals surface area contributed by atoms with Gasteiger partial charge in [0.2, 0.25) is 0 Å². The predicted octanol–water partition coefficient (Wildman–Crippen LogP) is 4.53. The van der Waals surface area contributed by atoms with E-state index >= 15 is 0 Å². The highest BCUT2D eigenvalue weighted by Crippen LogP contribution is 2.41. The summed E-state index contributed by atoms with van der Waals surface area (Å²) in [5.41, 5.74) is 1.89. The molecule has 2 heterocycles. The van der Waals surface area contributed by atoms with E-state index < -0.39 is 5.54 Å². The third-order valence-electron chi connectivity index (χ3n) is 7.08. The highest BCUT2D eigenvalue weighted by molar-refractivity contribution is 6.09. The highest BCUT2D eigenvalue weighted by Gasteiger charge is 2.55. The Labute approximate surface area is 211 Å². The van der Waals surface area contributed by atoms with E-state index in [2.05, 4.69) is 22.4 Å². The van der Waals surface area contributed by atoms with Crippen molar-refractivity contribution in [3.05, 3.63) is 102 Å². The van der Waals surface area contributed by atoms with Crippen LogP contribution in [-0.4, -0.2) is 44.9 Å². The molecule has 36 heavy (non-hydrogen) atoms. The lowest BCUT2D eigenvalue weighted by Gasteiger charge is -2.33. The molecular formula is C29H31N5O2. The second-order valence-corrected chi connectivity index (χ2v) is 9.43. The van der Waals surface area contributed by atoms with Crippen LogP contribution in [0.15, 0.2) is 85.5 Å². The smallest absolute Gasteiger partial charge is 0.328 e. The fourth-order valence-electron chi connectivity index (χ4n) is 5.12. The van der Waals surface area contributed by atoms with Crippen LogP contribution < -0.4 is 5.32 Å². The Balaban J connectivity index is 1.50. The van der Waals surface area contributed by atoms with E-state index in [0.717, 1.165) is 28.4 Å². The van der Waals surface area contributed by atoms with Gasteiger partial charge in [0, 0.05) is 38.6 Å². The Morgan fingerprint density at radius 3 is 2.42 bits per heavy atom. The zero-order chi connectivity index (χ0) is 25.1. The number of imidazole rings is 1. The maximum absolute atomic E-state index is 14.1. The first-order valence-corrected chi connectivity index (χ1v) is 12.3. The summed E-state index contributed by atoms with van der Waals surface area (Å²) in [5.74, 6) is -0.179. The van der Waals surface area contributed by atoms with Crippen LogP contribution in [0.4, 0.5) is 4.79 Å². The van der Waals surface area contributed by atoms with Gasteiger partial charge in [-0.2, -0.15) is 0 Å². The molecule has 0 aliphatic carbocycles. The Bertz CT molecular complexity index is 1360. The number of carbonyl (C=O) groups excluding carboxylic acids is 2. The van der Waals surface area contributed by atoms with E-state index in [9.17, 15) is 9.59 Å². The molecule has 0 spiro atoms. The standard InChI is InChI=1S/C29H31N5O2/c1-29(26-10-5-8-24-7-3-4-9-25(24)26)27(35)33(17-6-16-32-18-15-31-21-32)28(36)34(29)20-23-13-11-22(12-14-23)19-30-2/h3-5,7-15,18,21,30H,6,16-17,19-20H2,1-2H3. The van der Waals surface area contributed by atoms with Crippen LogP contribution in [0.25, 0.3) is 10.8 Å². The molecule has 184 valence electrons. The lowest BCUT2D eigenvalue weighted by molar-refractivity contribution is -0.133. The maximum atomic E-state index is 14.1. The summed E-state index contributed by atoms with van der Waals surface area (Å²) in [6.45, 7) is 4.06. The van der Waals surface area contributed by atoms with Crippen LogP contribution in [0.3, 0.4) is 0 Å². The predicted molar refractivity (Wildman–Crippen MR) is 140 cm³/mol. The van der Waals surface area contributed by atoms with Crippen LogP contribution in [0, 0.1) is 0 Å². The first-order chi connectivity index (χ1) is 17.5. The molecule has 0 radical (unpaired) electrons. The Morgan fingerprint density at radius 2 is 1.67 bits per heavy atom. The molecule has 7 heteroatoms. The molecule has 7 nitrogen and oxygen atoms in total. The largest absolute Gasteiger partial charge is 0.337 e. The molecule has 1 fully saturated rings. The number of benzene rings is 3. The van der Waals surface area contributed by atoms with Crippen LogP contribution in [0.1, 0.15) is 30.0 Å². The van der Waals surface area contributed by atoms with Crippen molar-refractivity contribution in [3.8, 4) is 0 Å². The molecule has 0 bridgehead atoms. The molecule has 1 atom stereocenters. The van der Waals surface area contributed by atoms with Crippen molar-refractivity contribution in [1.29, 1.82) is 0 Å². The average molecular weight is 482 g/mol. The topological polar surface area (TPSA) is 70.5 Å². The molecule has 1 unspecified atom stereocenters. The Hall–Kier alpha value is -3.97. The van der Waals surface area contributed by atoms with E-state index in [4.69, 9.17) is 0 Å². The first kappa shape index (κ1) is 23.8. The monoisotopic (exact) mass is 481 g/mol. The number of fused-ring (bicyclic) bond motifs is 1. The van der Waals surface area contributed by atoms with Gasteiger partial charge in [0.1, 0.15) is 5.54 Å². The van der Waals surface area contributed by atoms with Crippen LogP contribution in [0.2, 0.25) is 0 Å². The SMILES string of the molecule is CNCc1ccc(CN2C(=O)N(CCCn3ccnc3)C(=O)C2(C)c2cccc3ccccc23)cc1. The van der Waals surface area contributed by atoms with Crippen molar-refractivity contribution in [2.45, 2.75) is 38.5 Å². The molecule has 3 amide bonds. The molecule has 3 aromatic carbocycles. The van der Waals surface area contributed by atoms with E-state index in [1.807, 2.05) is 79.3 Å². The molecule has 1 saturated heterocycles. The minimum absolute atomic E-state index is 0.179. The zero-order valence-corrected chi connectivity index (χ0v) is 20.7. The summed E-state index contributed by atoms with van der Waals surface area (Å²) in [7, 11) is 1.92. The summed E-state index contributed by atoms with van der Waals surface area (Å²) < 4.78 is 1.96. The highest BCUT2D eigenvalue weighted by atomic mass is 16.2. The quantitative estimate of drug-likeness (QED) is 0.357. The lowest BCUT2D eigenvalue weighted by atomic mass is 9.86. The number of amides is 3. The zero-order valence-electron chi connectivity index (χ0n) is 20.7. The van der Waals surface area contributed by atoms with Gasteiger partial charge in [-0.1, -0.05) is 66.7 Å². The third-order valence-corrected chi connectivity index (χ3v) is 7.08. The fraction of sp³-hybridized carbons (Fsp3) is 0.276. The molecule has 1 aliphatic rings. The second kappa shape index (κ2) is 9.95. The second-order valence-electron chi connectivity index (χ2n) is 9.43. The van der Waals surface area contributed by atoms with Crippen molar-refractivity contribution < 1.29 is 9.59 Å². The van der Waals surface area contributed by atoms with Crippen molar-refractivity contribution in [2.75, 3.05) is 13.6 Å². The van der Waals surface area contributed by atoms with E-state index in [1.165, 1.54) is 10.5 Å². The van der Waals surface area contributed by atoms with Crippen molar-refractivity contribution >= 4 is 22.7 Å². The van der Waals surface area contributed by atoms with Gasteiger partial charge in [0.25, 0.3) is 5.91 Å². The minimum Gasteiger partial charge on any atom is -0.337 e. The molecule has 1 N–H and O–H groups in total. The summed E-state index contributed by atoms with van der Waals surface area (Å²) >= 11 is 0. The van der Waals surface area contributed by atoms with E-state index in [-0.39, 0.29) is 11.9 Å². The molecule has 5 rings (SSSR count). The van der Waals surface area contributed by atoms with Crippen molar-refractivity contribution in [2.24, 2.45) is 0 Å².